The van der Waals surface area contributed by atoms with Crippen LogP contribution in [-0.2, 0) is 6.42 Å². The Labute approximate surface area is 113 Å². The third kappa shape index (κ3) is 4.69. The molecule has 0 atom stereocenters. The fourth-order valence-corrected chi connectivity index (χ4v) is 2.76. The molecule has 0 unspecified atom stereocenters. The molecule has 0 fully saturated rings. The minimum absolute atomic E-state index is 0.336. The first-order valence-electron chi connectivity index (χ1n) is 6.53. The molecule has 18 heavy (non-hydrogen) atoms. The maximum atomic E-state index is 11.1. The lowest BCUT2D eigenvalue weighted by Gasteiger charge is -2.06. The van der Waals surface area contributed by atoms with Gasteiger partial charge in [0.05, 0.1) is 6.61 Å². The summed E-state index contributed by atoms with van der Waals surface area (Å²) in [6.07, 6.45) is 4.01. The van der Waals surface area contributed by atoms with Crippen LogP contribution in [0.2, 0.25) is 0 Å². The van der Waals surface area contributed by atoms with Gasteiger partial charge < -0.3 is 9.84 Å². The van der Waals surface area contributed by atoms with Crippen LogP contribution in [-0.4, -0.2) is 17.7 Å². The summed E-state index contributed by atoms with van der Waals surface area (Å²) >= 11 is 1.33. The summed E-state index contributed by atoms with van der Waals surface area (Å²) in [5.74, 6) is 0.312. The number of carboxylic acid groups (broad SMARTS) is 1. The Morgan fingerprint density at radius 3 is 2.78 bits per heavy atom. The molecule has 4 heteroatoms. The van der Waals surface area contributed by atoms with Crippen molar-refractivity contribution in [3.63, 3.8) is 0 Å². The van der Waals surface area contributed by atoms with Gasteiger partial charge in [-0.2, -0.15) is 0 Å². The molecule has 1 heterocycles. The fraction of sp³-hybridized carbons (Fsp3) is 0.643. The van der Waals surface area contributed by atoms with Crippen molar-refractivity contribution in [2.45, 2.75) is 46.5 Å². The van der Waals surface area contributed by atoms with E-state index in [9.17, 15) is 4.79 Å². The van der Waals surface area contributed by atoms with Crippen LogP contribution in [0, 0.1) is 5.92 Å². The third-order valence-electron chi connectivity index (χ3n) is 2.62. The lowest BCUT2D eigenvalue weighted by Crippen LogP contribution is -2.02. The highest BCUT2D eigenvalue weighted by Crippen LogP contribution is 2.30. The van der Waals surface area contributed by atoms with Gasteiger partial charge in [-0.05, 0) is 31.2 Å². The SMILES string of the molecule is CCCc1cc(OCCCC(C)C)c(C(=O)O)s1. The van der Waals surface area contributed by atoms with Crippen LogP contribution in [0.4, 0.5) is 0 Å². The molecule has 0 aromatic carbocycles. The van der Waals surface area contributed by atoms with E-state index in [1.54, 1.807) is 0 Å². The number of hydrogen-bond donors (Lipinski definition) is 1. The second-order valence-electron chi connectivity index (χ2n) is 4.85. The highest BCUT2D eigenvalue weighted by atomic mass is 32.1. The van der Waals surface area contributed by atoms with Gasteiger partial charge in [0.1, 0.15) is 5.75 Å². The summed E-state index contributed by atoms with van der Waals surface area (Å²) in [6, 6.07) is 1.88. The molecule has 1 rings (SSSR count). The lowest BCUT2D eigenvalue weighted by atomic mass is 10.1. The van der Waals surface area contributed by atoms with E-state index in [0.29, 0.717) is 23.2 Å². The second-order valence-corrected chi connectivity index (χ2v) is 5.98. The van der Waals surface area contributed by atoms with Gasteiger partial charge in [-0.1, -0.05) is 27.2 Å². The van der Waals surface area contributed by atoms with E-state index in [0.717, 1.165) is 30.6 Å². The zero-order chi connectivity index (χ0) is 13.5. The van der Waals surface area contributed by atoms with Crippen LogP contribution >= 0.6 is 11.3 Å². The highest BCUT2D eigenvalue weighted by molar-refractivity contribution is 7.14. The van der Waals surface area contributed by atoms with Crippen LogP contribution in [0.5, 0.6) is 5.75 Å². The minimum atomic E-state index is -0.888. The number of ether oxygens (including phenoxy) is 1. The number of carbonyl (C=O) groups is 1. The predicted octanol–water partition coefficient (Wildman–Crippen LogP) is 4.21. The summed E-state index contributed by atoms with van der Waals surface area (Å²) in [6.45, 7) is 7.03. The van der Waals surface area contributed by atoms with Crippen LogP contribution in [0.15, 0.2) is 6.07 Å². The molecule has 102 valence electrons. The van der Waals surface area contributed by atoms with Crippen molar-refractivity contribution in [1.29, 1.82) is 0 Å². The van der Waals surface area contributed by atoms with Gasteiger partial charge in [-0.25, -0.2) is 4.79 Å². The molecule has 0 spiro atoms. The lowest BCUT2D eigenvalue weighted by molar-refractivity contribution is 0.0698. The Bertz CT molecular complexity index is 382. The minimum Gasteiger partial charge on any atom is -0.492 e. The van der Waals surface area contributed by atoms with Crippen molar-refractivity contribution in [2.24, 2.45) is 5.92 Å². The normalized spacial score (nSPS) is 10.9. The molecule has 0 aliphatic heterocycles. The Morgan fingerprint density at radius 2 is 2.22 bits per heavy atom. The van der Waals surface area contributed by atoms with E-state index in [1.807, 2.05) is 6.07 Å². The number of aromatic carboxylic acids is 1. The Hall–Kier alpha value is -1.03. The van der Waals surface area contributed by atoms with Crippen LogP contribution in [0.25, 0.3) is 0 Å². The molecule has 0 saturated heterocycles. The van der Waals surface area contributed by atoms with Gasteiger partial charge in [-0.15, -0.1) is 11.3 Å². The first-order valence-corrected chi connectivity index (χ1v) is 7.35. The molecule has 1 aromatic rings. The number of thiophene rings is 1. The zero-order valence-corrected chi connectivity index (χ0v) is 12.2. The van der Waals surface area contributed by atoms with E-state index in [2.05, 4.69) is 20.8 Å². The van der Waals surface area contributed by atoms with E-state index in [1.165, 1.54) is 11.3 Å². The van der Waals surface area contributed by atoms with Crippen LogP contribution < -0.4 is 4.74 Å². The highest BCUT2D eigenvalue weighted by Gasteiger charge is 2.16. The molecule has 0 aliphatic carbocycles. The van der Waals surface area contributed by atoms with Gasteiger partial charge in [-0.3, -0.25) is 0 Å². The number of hydrogen-bond acceptors (Lipinski definition) is 3. The van der Waals surface area contributed by atoms with Crippen molar-refractivity contribution in [2.75, 3.05) is 6.61 Å². The van der Waals surface area contributed by atoms with E-state index in [-0.39, 0.29) is 0 Å². The average Bonchev–Trinajstić information content (AvgIpc) is 2.68. The second kappa shape index (κ2) is 7.41. The van der Waals surface area contributed by atoms with Crippen molar-refractivity contribution in [3.05, 3.63) is 15.8 Å². The predicted molar refractivity (Wildman–Crippen MR) is 74.8 cm³/mol. The van der Waals surface area contributed by atoms with Crippen LogP contribution in [0.1, 0.15) is 54.6 Å². The molecule has 0 amide bonds. The van der Waals surface area contributed by atoms with Gasteiger partial charge in [0.2, 0.25) is 0 Å². The van der Waals surface area contributed by atoms with Crippen molar-refractivity contribution >= 4 is 17.3 Å². The monoisotopic (exact) mass is 270 g/mol. The number of carboxylic acids is 1. The van der Waals surface area contributed by atoms with Crippen molar-refractivity contribution in [3.8, 4) is 5.75 Å². The quantitative estimate of drug-likeness (QED) is 0.720. The first kappa shape index (κ1) is 15.0. The Morgan fingerprint density at radius 1 is 1.50 bits per heavy atom. The summed E-state index contributed by atoms with van der Waals surface area (Å²) in [5, 5.41) is 9.12. The molecule has 1 aromatic heterocycles. The third-order valence-corrected chi connectivity index (χ3v) is 3.79. The molecule has 0 bridgehead atoms. The van der Waals surface area contributed by atoms with E-state index >= 15 is 0 Å². The first-order chi connectivity index (χ1) is 8.54. The van der Waals surface area contributed by atoms with E-state index in [4.69, 9.17) is 9.84 Å². The van der Waals surface area contributed by atoms with Crippen molar-refractivity contribution in [1.82, 2.24) is 0 Å². The maximum Gasteiger partial charge on any atom is 0.349 e. The number of rotatable bonds is 8. The van der Waals surface area contributed by atoms with Gasteiger partial charge in [0, 0.05) is 4.88 Å². The summed E-state index contributed by atoms with van der Waals surface area (Å²) in [7, 11) is 0. The van der Waals surface area contributed by atoms with Crippen molar-refractivity contribution < 1.29 is 14.6 Å². The average molecular weight is 270 g/mol. The smallest absolute Gasteiger partial charge is 0.349 e. The molecule has 0 radical (unpaired) electrons. The molecule has 1 N–H and O–H groups in total. The summed E-state index contributed by atoms with van der Waals surface area (Å²) in [4.78, 5) is 12.5. The molecule has 0 aliphatic rings. The largest absolute Gasteiger partial charge is 0.492 e. The number of aryl methyl sites for hydroxylation is 1. The van der Waals surface area contributed by atoms with Gasteiger partial charge >= 0.3 is 5.97 Å². The van der Waals surface area contributed by atoms with E-state index < -0.39 is 5.97 Å². The standard InChI is InChI=1S/C14H22O3S/c1-4-6-11-9-12(13(18-11)14(15)16)17-8-5-7-10(2)3/h9-10H,4-8H2,1-3H3,(H,15,16). The molecular weight excluding hydrogens is 248 g/mol. The molecular formula is C14H22O3S. The summed E-state index contributed by atoms with van der Waals surface area (Å²) < 4.78 is 5.61. The van der Waals surface area contributed by atoms with Crippen LogP contribution in [0.3, 0.4) is 0 Å². The van der Waals surface area contributed by atoms with Gasteiger partial charge in [0.25, 0.3) is 0 Å². The topological polar surface area (TPSA) is 46.5 Å². The fourth-order valence-electron chi connectivity index (χ4n) is 1.72. The Kier molecular flexibility index (Phi) is 6.19. The van der Waals surface area contributed by atoms with Gasteiger partial charge in [0.15, 0.2) is 4.88 Å². The summed E-state index contributed by atoms with van der Waals surface area (Å²) in [5.41, 5.74) is 0. The molecule has 3 nitrogen and oxygen atoms in total. The maximum absolute atomic E-state index is 11.1. The Balaban J connectivity index is 2.59. The molecule has 0 saturated carbocycles. The zero-order valence-electron chi connectivity index (χ0n) is 11.4.